The Bertz CT molecular complexity index is 793. The van der Waals surface area contributed by atoms with Crippen molar-refractivity contribution >= 4 is 17.5 Å². The lowest BCUT2D eigenvalue weighted by Gasteiger charge is -2.27. The third-order valence-electron chi connectivity index (χ3n) is 5.47. The predicted molar refractivity (Wildman–Crippen MR) is 99.7 cm³/mol. The van der Waals surface area contributed by atoms with Gasteiger partial charge in [0.25, 0.3) is 0 Å². The molecule has 1 aliphatic heterocycles. The molecule has 0 unspecified atom stereocenters. The normalized spacial score (nSPS) is 24.6. The van der Waals surface area contributed by atoms with Crippen LogP contribution in [0.25, 0.3) is 0 Å². The average molecular weight is 349 g/mol. The van der Waals surface area contributed by atoms with Gasteiger partial charge >= 0.3 is 0 Å². The molecule has 2 fully saturated rings. The van der Waals surface area contributed by atoms with Gasteiger partial charge in [-0.2, -0.15) is 0 Å². The second-order valence-corrected chi connectivity index (χ2v) is 6.99. The lowest BCUT2D eigenvalue weighted by molar-refractivity contribution is -0.139. The number of hydrogen-bond acceptors (Lipinski definition) is 3. The van der Waals surface area contributed by atoms with E-state index in [2.05, 4.69) is 4.98 Å². The van der Waals surface area contributed by atoms with Crippen LogP contribution in [0.4, 0.5) is 5.69 Å². The summed E-state index contributed by atoms with van der Waals surface area (Å²) < 4.78 is 0. The molecular formula is C21H23N3O2. The summed E-state index contributed by atoms with van der Waals surface area (Å²) in [5.74, 6) is 0.365. The first-order chi connectivity index (χ1) is 12.7. The summed E-state index contributed by atoms with van der Waals surface area (Å²) in [6, 6.07) is 13.3. The number of likely N-dealkylation sites (N-methyl/N-ethyl adjacent to an activating group) is 1. The molecule has 1 aliphatic carbocycles. The van der Waals surface area contributed by atoms with Crippen LogP contribution < -0.4 is 4.90 Å². The second kappa shape index (κ2) is 6.90. The van der Waals surface area contributed by atoms with Gasteiger partial charge in [-0.3, -0.25) is 14.6 Å². The summed E-state index contributed by atoms with van der Waals surface area (Å²) >= 11 is 0. The van der Waals surface area contributed by atoms with E-state index >= 15 is 0 Å². The topological polar surface area (TPSA) is 53.5 Å². The minimum Gasteiger partial charge on any atom is -0.331 e. The van der Waals surface area contributed by atoms with Gasteiger partial charge in [0.05, 0.1) is 0 Å². The monoisotopic (exact) mass is 349 g/mol. The highest BCUT2D eigenvalue weighted by atomic mass is 16.2. The number of amides is 2. The molecule has 0 radical (unpaired) electrons. The first-order valence-electron chi connectivity index (χ1n) is 9.27. The molecule has 5 heteroatoms. The van der Waals surface area contributed by atoms with Crippen LogP contribution in [0.1, 0.15) is 31.2 Å². The number of carbonyl (C=O) groups excluding carboxylic acids is 2. The first kappa shape index (κ1) is 16.8. The molecule has 0 bridgehead atoms. The number of hydrogen-bond donors (Lipinski definition) is 0. The van der Waals surface area contributed by atoms with Crippen LogP contribution in [0, 0.1) is 5.92 Å². The van der Waals surface area contributed by atoms with Gasteiger partial charge in [-0.15, -0.1) is 0 Å². The van der Waals surface area contributed by atoms with Crippen LogP contribution in [0.3, 0.4) is 0 Å². The number of para-hydroxylation sites is 1. The minimum atomic E-state index is -0.345. The maximum absolute atomic E-state index is 13.0. The quantitative estimate of drug-likeness (QED) is 0.834. The van der Waals surface area contributed by atoms with E-state index in [-0.39, 0.29) is 29.7 Å². The Labute approximate surface area is 153 Å². The summed E-state index contributed by atoms with van der Waals surface area (Å²) in [6.07, 6.45) is 5.13. The summed E-state index contributed by atoms with van der Waals surface area (Å²) in [5.41, 5.74) is 2.02. The van der Waals surface area contributed by atoms with E-state index in [1.807, 2.05) is 55.6 Å². The molecule has 1 aromatic heterocycles. The zero-order valence-electron chi connectivity index (χ0n) is 14.9. The van der Waals surface area contributed by atoms with Gasteiger partial charge in [0.2, 0.25) is 11.8 Å². The Kier molecular flexibility index (Phi) is 4.45. The SMILES string of the molecule is CCN(C(=O)[C@H]1C[C@H]1c1cccnc1)[C@@H]1CCN(c2ccccc2)C1=O. The Morgan fingerprint density at radius 2 is 2.04 bits per heavy atom. The smallest absolute Gasteiger partial charge is 0.249 e. The molecule has 3 atom stereocenters. The zero-order chi connectivity index (χ0) is 18.1. The molecule has 0 spiro atoms. The molecule has 2 heterocycles. The number of anilines is 1. The summed E-state index contributed by atoms with van der Waals surface area (Å²) in [6.45, 7) is 3.18. The van der Waals surface area contributed by atoms with Gasteiger partial charge in [-0.25, -0.2) is 0 Å². The third kappa shape index (κ3) is 2.98. The summed E-state index contributed by atoms with van der Waals surface area (Å²) in [4.78, 5) is 33.7. The number of nitrogens with zero attached hydrogens (tertiary/aromatic N) is 3. The molecule has 2 aromatic rings. The van der Waals surface area contributed by atoms with Gasteiger partial charge in [0, 0.05) is 37.1 Å². The van der Waals surface area contributed by atoms with E-state index in [0.29, 0.717) is 19.5 Å². The average Bonchev–Trinajstić information content (AvgIpc) is 3.41. The number of carbonyl (C=O) groups is 2. The van der Waals surface area contributed by atoms with Crippen molar-refractivity contribution in [3.63, 3.8) is 0 Å². The van der Waals surface area contributed by atoms with E-state index < -0.39 is 0 Å². The summed E-state index contributed by atoms with van der Waals surface area (Å²) in [5, 5.41) is 0. The highest BCUT2D eigenvalue weighted by molar-refractivity contribution is 6.01. The van der Waals surface area contributed by atoms with Gasteiger partial charge in [-0.1, -0.05) is 24.3 Å². The lowest BCUT2D eigenvalue weighted by Crippen LogP contribution is -2.46. The maximum Gasteiger partial charge on any atom is 0.249 e. The highest BCUT2D eigenvalue weighted by Gasteiger charge is 2.48. The van der Waals surface area contributed by atoms with Crippen molar-refractivity contribution in [2.75, 3.05) is 18.0 Å². The first-order valence-corrected chi connectivity index (χ1v) is 9.27. The minimum absolute atomic E-state index is 0.0160. The van der Waals surface area contributed by atoms with Crippen molar-refractivity contribution < 1.29 is 9.59 Å². The van der Waals surface area contributed by atoms with Crippen molar-refractivity contribution in [2.24, 2.45) is 5.92 Å². The van der Waals surface area contributed by atoms with Crippen molar-refractivity contribution in [3.05, 3.63) is 60.4 Å². The number of pyridine rings is 1. The maximum atomic E-state index is 13.0. The molecule has 26 heavy (non-hydrogen) atoms. The summed E-state index contributed by atoms with van der Waals surface area (Å²) in [7, 11) is 0. The van der Waals surface area contributed by atoms with E-state index in [1.165, 1.54) is 0 Å². The molecule has 1 saturated heterocycles. The molecule has 5 nitrogen and oxygen atoms in total. The fourth-order valence-electron chi connectivity index (χ4n) is 3.99. The molecule has 134 valence electrons. The van der Waals surface area contributed by atoms with Crippen molar-refractivity contribution in [3.8, 4) is 0 Å². The fraction of sp³-hybridized carbons (Fsp3) is 0.381. The number of benzene rings is 1. The molecule has 4 rings (SSSR count). The van der Waals surface area contributed by atoms with Crippen LogP contribution >= 0.6 is 0 Å². The second-order valence-electron chi connectivity index (χ2n) is 6.99. The van der Waals surface area contributed by atoms with Crippen LogP contribution in [0.2, 0.25) is 0 Å². The Balaban J connectivity index is 1.46. The Hall–Kier alpha value is -2.69. The molecule has 2 amide bonds. The Morgan fingerprint density at radius 3 is 2.73 bits per heavy atom. The van der Waals surface area contributed by atoms with Crippen LogP contribution in [-0.4, -0.2) is 40.8 Å². The van der Waals surface area contributed by atoms with Gasteiger partial charge < -0.3 is 9.80 Å². The largest absolute Gasteiger partial charge is 0.331 e. The fourth-order valence-corrected chi connectivity index (χ4v) is 3.99. The standard InChI is InChI=1S/C21H23N3O2/c1-2-23(20(25)18-13-17(18)15-7-6-11-22-14-15)19-10-12-24(21(19)26)16-8-4-3-5-9-16/h3-9,11,14,17-19H,2,10,12-13H2,1H3/t17-,18-,19+/m0/s1. The molecule has 0 N–H and O–H groups in total. The third-order valence-corrected chi connectivity index (χ3v) is 5.47. The van der Waals surface area contributed by atoms with Gasteiger partial charge in [0.15, 0.2) is 0 Å². The number of rotatable bonds is 5. The number of aromatic nitrogens is 1. The highest BCUT2D eigenvalue weighted by Crippen LogP contribution is 2.48. The van der Waals surface area contributed by atoms with Crippen LogP contribution in [-0.2, 0) is 9.59 Å². The van der Waals surface area contributed by atoms with E-state index in [0.717, 1.165) is 17.7 Å². The van der Waals surface area contributed by atoms with Crippen LogP contribution in [0.5, 0.6) is 0 Å². The van der Waals surface area contributed by atoms with E-state index in [4.69, 9.17) is 0 Å². The Morgan fingerprint density at radius 1 is 1.23 bits per heavy atom. The molecular weight excluding hydrogens is 326 g/mol. The van der Waals surface area contributed by atoms with Crippen molar-refractivity contribution in [1.82, 2.24) is 9.88 Å². The lowest BCUT2D eigenvalue weighted by atomic mass is 10.1. The van der Waals surface area contributed by atoms with Crippen LogP contribution in [0.15, 0.2) is 54.9 Å². The molecule has 2 aliphatic rings. The van der Waals surface area contributed by atoms with Crippen molar-refractivity contribution in [1.29, 1.82) is 0 Å². The van der Waals surface area contributed by atoms with Crippen molar-refractivity contribution in [2.45, 2.75) is 31.7 Å². The van der Waals surface area contributed by atoms with Gasteiger partial charge in [-0.05, 0) is 49.4 Å². The zero-order valence-corrected chi connectivity index (χ0v) is 14.9. The predicted octanol–water partition coefficient (Wildman–Crippen LogP) is 2.84. The van der Waals surface area contributed by atoms with Gasteiger partial charge in [0.1, 0.15) is 6.04 Å². The molecule has 1 aromatic carbocycles. The van der Waals surface area contributed by atoms with E-state index in [9.17, 15) is 9.59 Å². The van der Waals surface area contributed by atoms with E-state index in [1.54, 1.807) is 16.0 Å². The molecule has 1 saturated carbocycles.